The minimum Gasteiger partial charge on any atom is -0.378 e. The number of anilines is 1. The Morgan fingerprint density at radius 2 is 1.89 bits per heavy atom. The summed E-state index contributed by atoms with van der Waals surface area (Å²) in [5.74, 6) is -0.744. The van der Waals surface area contributed by atoms with Crippen molar-refractivity contribution in [2.24, 2.45) is 5.73 Å². The van der Waals surface area contributed by atoms with Crippen molar-refractivity contribution in [3.8, 4) is 0 Å². The predicted octanol–water partition coefficient (Wildman–Crippen LogP) is 2.87. The number of hydrogen-bond acceptors (Lipinski definition) is 6. The SMILES string of the molecule is NC1CCC(N(CCCC2CCCCO2)c2cccc3c2CN(C2CCC(=O)NC2=O)C3=O)CC1. The van der Waals surface area contributed by atoms with Crippen molar-refractivity contribution in [2.45, 2.75) is 101 Å². The first-order chi connectivity index (χ1) is 17.0. The maximum absolute atomic E-state index is 13.3. The van der Waals surface area contributed by atoms with Crippen molar-refractivity contribution in [2.75, 3.05) is 18.1 Å². The summed E-state index contributed by atoms with van der Waals surface area (Å²) in [4.78, 5) is 41.7. The summed E-state index contributed by atoms with van der Waals surface area (Å²) >= 11 is 0. The molecular weight excluding hydrogens is 444 g/mol. The topological polar surface area (TPSA) is 105 Å². The number of benzene rings is 1. The van der Waals surface area contributed by atoms with E-state index in [4.69, 9.17) is 10.5 Å². The van der Waals surface area contributed by atoms with Gasteiger partial charge in [0, 0.05) is 55.0 Å². The summed E-state index contributed by atoms with van der Waals surface area (Å²) in [5.41, 5.74) is 9.01. The van der Waals surface area contributed by atoms with E-state index in [1.807, 2.05) is 12.1 Å². The van der Waals surface area contributed by atoms with Crippen LogP contribution in [0.2, 0.25) is 0 Å². The van der Waals surface area contributed by atoms with Crippen molar-refractivity contribution in [1.29, 1.82) is 0 Å². The molecule has 3 fully saturated rings. The van der Waals surface area contributed by atoms with Crippen LogP contribution in [0.25, 0.3) is 0 Å². The fourth-order valence-electron chi connectivity index (χ4n) is 6.28. The van der Waals surface area contributed by atoms with Crippen molar-refractivity contribution in [3.63, 3.8) is 0 Å². The van der Waals surface area contributed by atoms with Gasteiger partial charge in [-0.15, -0.1) is 0 Å². The van der Waals surface area contributed by atoms with Crippen LogP contribution < -0.4 is 16.0 Å². The predicted molar refractivity (Wildman–Crippen MR) is 133 cm³/mol. The second-order valence-electron chi connectivity index (χ2n) is 10.6. The van der Waals surface area contributed by atoms with E-state index >= 15 is 0 Å². The molecule has 4 aliphatic rings. The van der Waals surface area contributed by atoms with E-state index in [2.05, 4.69) is 16.3 Å². The molecule has 0 spiro atoms. The Balaban J connectivity index is 1.36. The molecule has 2 atom stereocenters. The highest BCUT2D eigenvalue weighted by Crippen LogP contribution is 2.37. The van der Waals surface area contributed by atoms with Gasteiger partial charge < -0.3 is 20.3 Å². The van der Waals surface area contributed by atoms with Gasteiger partial charge in [-0.3, -0.25) is 19.7 Å². The van der Waals surface area contributed by atoms with Crippen LogP contribution in [-0.2, 0) is 20.9 Å². The van der Waals surface area contributed by atoms with Crippen LogP contribution in [-0.4, -0.2) is 60.0 Å². The van der Waals surface area contributed by atoms with Crippen LogP contribution in [0.4, 0.5) is 5.69 Å². The summed E-state index contributed by atoms with van der Waals surface area (Å²) < 4.78 is 5.96. The highest BCUT2D eigenvalue weighted by molar-refractivity contribution is 6.06. The average molecular weight is 483 g/mol. The van der Waals surface area contributed by atoms with Crippen LogP contribution in [0, 0.1) is 0 Å². The number of nitrogens with one attached hydrogen (secondary N) is 1. The lowest BCUT2D eigenvalue weighted by Gasteiger charge is -2.39. The number of piperidine rings is 1. The number of carbonyl (C=O) groups is 3. The third-order valence-corrected chi connectivity index (χ3v) is 8.25. The molecule has 0 radical (unpaired) electrons. The quantitative estimate of drug-likeness (QED) is 0.579. The van der Waals surface area contributed by atoms with E-state index < -0.39 is 6.04 Å². The minimum atomic E-state index is -0.593. The van der Waals surface area contributed by atoms with Crippen LogP contribution in [0.5, 0.6) is 0 Å². The Morgan fingerprint density at radius 1 is 1.06 bits per heavy atom. The Bertz CT molecular complexity index is 952. The summed E-state index contributed by atoms with van der Waals surface area (Å²) in [6.07, 6.45) is 10.8. The Hall–Kier alpha value is -2.45. The van der Waals surface area contributed by atoms with Crippen molar-refractivity contribution in [3.05, 3.63) is 29.3 Å². The maximum Gasteiger partial charge on any atom is 0.255 e. The van der Waals surface area contributed by atoms with E-state index in [-0.39, 0.29) is 30.2 Å². The number of ether oxygens (including phenoxy) is 1. The number of fused-ring (bicyclic) bond motifs is 1. The number of amides is 3. The lowest BCUT2D eigenvalue weighted by Crippen LogP contribution is -2.52. The maximum atomic E-state index is 13.3. The third kappa shape index (κ3) is 5.23. The van der Waals surface area contributed by atoms with E-state index in [0.717, 1.165) is 69.3 Å². The second-order valence-corrected chi connectivity index (χ2v) is 10.6. The molecule has 0 bridgehead atoms. The molecule has 0 aromatic heterocycles. The van der Waals surface area contributed by atoms with Gasteiger partial charge in [0.2, 0.25) is 11.8 Å². The van der Waals surface area contributed by atoms with E-state index in [9.17, 15) is 14.4 Å². The molecular formula is C27H38N4O4. The van der Waals surface area contributed by atoms with Crippen LogP contribution >= 0.6 is 0 Å². The van der Waals surface area contributed by atoms with E-state index in [1.54, 1.807) is 4.90 Å². The Kier molecular flexibility index (Phi) is 7.39. The monoisotopic (exact) mass is 482 g/mol. The molecule has 2 saturated heterocycles. The molecule has 3 aliphatic heterocycles. The molecule has 3 amide bonds. The zero-order valence-electron chi connectivity index (χ0n) is 20.5. The zero-order chi connectivity index (χ0) is 24.4. The smallest absolute Gasteiger partial charge is 0.255 e. The number of nitrogens with two attached hydrogens (primary N) is 1. The molecule has 1 saturated carbocycles. The van der Waals surface area contributed by atoms with Crippen LogP contribution in [0.15, 0.2) is 18.2 Å². The second kappa shape index (κ2) is 10.7. The van der Waals surface area contributed by atoms with Gasteiger partial charge in [0.05, 0.1) is 6.10 Å². The van der Waals surface area contributed by atoms with Gasteiger partial charge in [0.25, 0.3) is 5.91 Å². The molecule has 8 heteroatoms. The summed E-state index contributed by atoms with van der Waals surface area (Å²) in [6.45, 7) is 2.20. The van der Waals surface area contributed by atoms with E-state index in [1.165, 1.54) is 12.8 Å². The zero-order valence-corrected chi connectivity index (χ0v) is 20.5. The first kappa shape index (κ1) is 24.3. The standard InChI is InChI=1S/C27H38N4O4/c28-18-9-11-19(12-10-18)30(15-4-6-20-5-1-2-16-35-20)23-8-3-7-21-22(23)17-31(27(21)34)24-13-14-25(32)29-26(24)33/h3,7-8,18-20,24H,1-2,4-6,9-17,28H2,(H,29,32,33). The normalized spacial score (nSPS) is 29.2. The number of nitrogens with zero attached hydrogens (tertiary/aromatic N) is 2. The van der Waals surface area contributed by atoms with Crippen molar-refractivity contribution >= 4 is 23.4 Å². The Labute approximate surface area is 207 Å². The lowest BCUT2D eigenvalue weighted by molar-refractivity contribution is -0.136. The van der Waals surface area contributed by atoms with Gasteiger partial charge in [0.1, 0.15) is 6.04 Å². The average Bonchev–Trinajstić information content (AvgIpc) is 3.20. The van der Waals surface area contributed by atoms with Crippen LogP contribution in [0.1, 0.15) is 86.6 Å². The van der Waals surface area contributed by atoms with E-state index in [0.29, 0.717) is 30.7 Å². The van der Waals surface area contributed by atoms with Crippen molar-refractivity contribution in [1.82, 2.24) is 10.2 Å². The summed E-state index contributed by atoms with van der Waals surface area (Å²) in [7, 11) is 0. The molecule has 190 valence electrons. The molecule has 3 heterocycles. The molecule has 2 unspecified atom stereocenters. The largest absolute Gasteiger partial charge is 0.378 e. The molecule has 1 aliphatic carbocycles. The fraction of sp³-hybridized carbons (Fsp3) is 0.667. The number of rotatable bonds is 7. The highest BCUT2D eigenvalue weighted by atomic mass is 16.5. The number of hydrogen-bond donors (Lipinski definition) is 2. The van der Waals surface area contributed by atoms with Gasteiger partial charge in [-0.1, -0.05) is 6.07 Å². The first-order valence-corrected chi connectivity index (χ1v) is 13.4. The number of imide groups is 1. The fourth-order valence-corrected chi connectivity index (χ4v) is 6.28. The molecule has 5 rings (SSSR count). The Morgan fingerprint density at radius 3 is 2.63 bits per heavy atom. The minimum absolute atomic E-state index is 0.113. The molecule has 35 heavy (non-hydrogen) atoms. The molecule has 8 nitrogen and oxygen atoms in total. The number of carbonyl (C=O) groups excluding carboxylic acids is 3. The highest BCUT2D eigenvalue weighted by Gasteiger charge is 2.40. The first-order valence-electron chi connectivity index (χ1n) is 13.4. The summed E-state index contributed by atoms with van der Waals surface area (Å²) in [6, 6.07) is 6.04. The van der Waals surface area contributed by atoms with Gasteiger partial charge >= 0.3 is 0 Å². The lowest BCUT2D eigenvalue weighted by atomic mass is 9.89. The third-order valence-electron chi connectivity index (χ3n) is 8.25. The van der Waals surface area contributed by atoms with Crippen molar-refractivity contribution < 1.29 is 19.1 Å². The molecule has 1 aromatic carbocycles. The van der Waals surface area contributed by atoms with Gasteiger partial charge in [-0.05, 0) is 76.3 Å². The van der Waals surface area contributed by atoms with Gasteiger partial charge in [-0.25, -0.2) is 0 Å². The van der Waals surface area contributed by atoms with Gasteiger partial charge in [-0.2, -0.15) is 0 Å². The van der Waals surface area contributed by atoms with Gasteiger partial charge in [0.15, 0.2) is 0 Å². The van der Waals surface area contributed by atoms with Crippen LogP contribution in [0.3, 0.4) is 0 Å². The molecule has 3 N–H and O–H groups in total. The molecule has 1 aromatic rings. The summed E-state index contributed by atoms with van der Waals surface area (Å²) in [5, 5.41) is 2.40.